The third-order valence-corrected chi connectivity index (χ3v) is 8.41. The van der Waals surface area contributed by atoms with E-state index in [0.29, 0.717) is 5.25 Å². The number of likely N-dealkylation sites (tertiary alicyclic amines) is 1. The Bertz CT molecular complexity index is 976. The summed E-state index contributed by atoms with van der Waals surface area (Å²) in [7, 11) is 0.122. The Hall–Kier alpha value is -2.02. The van der Waals surface area contributed by atoms with Crippen LogP contribution in [0.5, 0.6) is 0 Å². The molecule has 0 spiro atoms. The SMILES string of the molecule is NC1Cc2cc3c(cc2N1)nc[s+]3C1CCN(CCc2ccc(F)cc2)CC1. The van der Waals surface area contributed by atoms with Gasteiger partial charge in [-0.2, -0.15) is 4.98 Å². The van der Waals surface area contributed by atoms with E-state index in [2.05, 4.69) is 27.9 Å². The zero-order valence-corrected chi connectivity index (χ0v) is 16.7. The summed E-state index contributed by atoms with van der Waals surface area (Å²) in [6.07, 6.45) is 4.36. The number of rotatable bonds is 4. The smallest absolute Gasteiger partial charge is 0.230 e. The molecule has 0 aliphatic carbocycles. The van der Waals surface area contributed by atoms with E-state index in [0.717, 1.165) is 43.7 Å². The number of hydrogen-bond donors (Lipinski definition) is 2. The minimum Gasteiger partial charge on any atom is -0.369 e. The third kappa shape index (κ3) is 3.52. The number of fused-ring (bicyclic) bond motifs is 2. The van der Waals surface area contributed by atoms with Gasteiger partial charge in [0, 0.05) is 61.1 Å². The fraction of sp³-hybridized carbons (Fsp3) is 0.409. The second-order valence-corrected chi connectivity index (χ2v) is 10.0. The van der Waals surface area contributed by atoms with Gasteiger partial charge in [-0.15, -0.1) is 0 Å². The number of nitrogens with zero attached hydrogens (tertiary/aromatic N) is 2. The summed E-state index contributed by atoms with van der Waals surface area (Å²) in [5.74, 6) is -0.160. The molecule has 2 aromatic carbocycles. The number of benzene rings is 2. The first-order valence-corrected chi connectivity index (χ1v) is 11.4. The van der Waals surface area contributed by atoms with E-state index in [4.69, 9.17) is 10.7 Å². The van der Waals surface area contributed by atoms with Gasteiger partial charge in [-0.3, -0.25) is 0 Å². The monoisotopic (exact) mass is 397 g/mol. The Morgan fingerprint density at radius 1 is 1.18 bits per heavy atom. The first-order chi connectivity index (χ1) is 13.7. The second kappa shape index (κ2) is 7.43. The molecule has 1 fully saturated rings. The van der Waals surface area contributed by atoms with Crippen LogP contribution in [0.4, 0.5) is 10.1 Å². The van der Waals surface area contributed by atoms with Crippen LogP contribution in [0, 0.1) is 5.82 Å². The van der Waals surface area contributed by atoms with Crippen molar-refractivity contribution in [2.75, 3.05) is 25.0 Å². The van der Waals surface area contributed by atoms with Crippen LogP contribution in [0.2, 0.25) is 0 Å². The van der Waals surface area contributed by atoms with Crippen molar-refractivity contribution in [1.29, 1.82) is 0 Å². The highest BCUT2D eigenvalue weighted by Gasteiger charge is 2.31. The average molecular weight is 398 g/mol. The maximum absolute atomic E-state index is 13.0. The molecule has 0 saturated carbocycles. The molecule has 1 saturated heterocycles. The standard InChI is InChI=1S/C22H26FN4S/c23-17-3-1-15(2-4-17)5-8-27-9-6-18(7-10-27)28-14-25-20-13-19-16(11-21(20)28)12-22(24)26-19/h1-4,11,13-14,18,22,26H,5-10,12,24H2/q+1. The lowest BCUT2D eigenvalue weighted by Crippen LogP contribution is -2.33. The number of thiazole rings is 1. The van der Waals surface area contributed by atoms with Gasteiger partial charge >= 0.3 is 0 Å². The van der Waals surface area contributed by atoms with E-state index in [1.54, 1.807) is 12.1 Å². The summed E-state index contributed by atoms with van der Waals surface area (Å²) in [5.41, 5.74) is 13.1. The molecule has 0 radical (unpaired) electrons. The van der Waals surface area contributed by atoms with Gasteiger partial charge in [-0.1, -0.05) is 12.1 Å². The predicted octanol–water partition coefficient (Wildman–Crippen LogP) is 4.26. The molecule has 1 aromatic heterocycles. The Labute approximate surface area is 167 Å². The van der Waals surface area contributed by atoms with Gasteiger partial charge in [0.25, 0.3) is 0 Å². The maximum atomic E-state index is 13.0. The predicted molar refractivity (Wildman–Crippen MR) is 114 cm³/mol. The molecule has 0 bridgehead atoms. The lowest BCUT2D eigenvalue weighted by Gasteiger charge is -2.28. The quantitative estimate of drug-likeness (QED) is 0.646. The van der Waals surface area contributed by atoms with E-state index >= 15 is 0 Å². The zero-order valence-electron chi connectivity index (χ0n) is 15.9. The van der Waals surface area contributed by atoms with E-state index in [1.807, 2.05) is 12.1 Å². The number of aromatic nitrogens is 1. The summed E-state index contributed by atoms with van der Waals surface area (Å²) in [4.78, 5) is 7.27. The van der Waals surface area contributed by atoms with Gasteiger partial charge in [-0.05, 0) is 35.7 Å². The molecule has 2 atom stereocenters. The molecule has 0 amide bonds. The summed E-state index contributed by atoms with van der Waals surface area (Å²) >= 11 is 0. The van der Waals surface area contributed by atoms with Crippen molar-refractivity contribution in [3.63, 3.8) is 0 Å². The molecule has 2 aliphatic heterocycles. The molecule has 3 heterocycles. The summed E-state index contributed by atoms with van der Waals surface area (Å²) in [6, 6.07) is 11.4. The molecule has 146 valence electrons. The van der Waals surface area contributed by atoms with Gasteiger partial charge in [-0.25, -0.2) is 4.39 Å². The van der Waals surface area contributed by atoms with Crippen LogP contribution in [0.25, 0.3) is 10.2 Å². The zero-order chi connectivity index (χ0) is 19.1. The number of piperidine rings is 1. The molecule has 2 unspecified atom stereocenters. The lowest BCUT2D eigenvalue weighted by molar-refractivity contribution is 0.227. The minimum absolute atomic E-state index is 0.0348. The highest BCUT2D eigenvalue weighted by Crippen LogP contribution is 2.45. The van der Waals surface area contributed by atoms with Crippen molar-refractivity contribution in [1.82, 2.24) is 9.88 Å². The van der Waals surface area contributed by atoms with Crippen molar-refractivity contribution in [3.05, 3.63) is 58.9 Å². The first-order valence-electron chi connectivity index (χ1n) is 10.1. The summed E-state index contributed by atoms with van der Waals surface area (Å²) in [6.45, 7) is 3.32. The molecule has 28 heavy (non-hydrogen) atoms. The van der Waals surface area contributed by atoms with Crippen molar-refractivity contribution in [2.45, 2.75) is 37.1 Å². The molecular formula is C22H26FN4S+. The summed E-state index contributed by atoms with van der Waals surface area (Å²) < 4.78 is 14.5. The Morgan fingerprint density at radius 2 is 1.96 bits per heavy atom. The van der Waals surface area contributed by atoms with Crippen LogP contribution in [0.1, 0.15) is 29.2 Å². The molecule has 6 heteroatoms. The molecular weight excluding hydrogens is 371 g/mol. The number of hydrogen-bond acceptors (Lipinski definition) is 4. The van der Waals surface area contributed by atoms with E-state index < -0.39 is 0 Å². The lowest BCUT2D eigenvalue weighted by atomic mass is 10.1. The average Bonchev–Trinajstić information content (AvgIpc) is 3.27. The van der Waals surface area contributed by atoms with E-state index in [-0.39, 0.29) is 22.5 Å². The van der Waals surface area contributed by atoms with Crippen LogP contribution in [0.3, 0.4) is 0 Å². The summed E-state index contributed by atoms with van der Waals surface area (Å²) in [5, 5.41) is 4.03. The first kappa shape index (κ1) is 18.0. The van der Waals surface area contributed by atoms with Crippen molar-refractivity contribution >= 4 is 26.4 Å². The molecule has 3 N–H and O–H groups in total. The minimum atomic E-state index is -0.160. The van der Waals surface area contributed by atoms with E-state index in [1.165, 1.54) is 28.7 Å². The van der Waals surface area contributed by atoms with Crippen LogP contribution in [0.15, 0.2) is 41.9 Å². The van der Waals surface area contributed by atoms with Crippen molar-refractivity contribution in [3.8, 4) is 0 Å². The number of halogens is 1. The molecule has 5 rings (SSSR count). The van der Waals surface area contributed by atoms with Gasteiger partial charge < -0.3 is 16.0 Å². The number of nitrogens with two attached hydrogens (primary N) is 1. The topological polar surface area (TPSA) is 54.2 Å². The molecule has 4 nitrogen and oxygen atoms in total. The Kier molecular flexibility index (Phi) is 4.78. The second-order valence-electron chi connectivity index (χ2n) is 7.96. The largest absolute Gasteiger partial charge is 0.369 e. The highest BCUT2D eigenvalue weighted by molar-refractivity contribution is 7.36. The number of nitrogens with one attached hydrogen (secondary N) is 1. The van der Waals surface area contributed by atoms with Gasteiger partial charge in [0.1, 0.15) is 16.6 Å². The molecule has 2 aliphatic rings. The molecule has 3 aromatic rings. The van der Waals surface area contributed by atoms with Gasteiger partial charge in [0.15, 0.2) is 0 Å². The Balaban J connectivity index is 1.23. The number of anilines is 1. The van der Waals surface area contributed by atoms with Crippen molar-refractivity contribution in [2.24, 2.45) is 5.73 Å². The van der Waals surface area contributed by atoms with Gasteiger partial charge in [0.05, 0.1) is 6.17 Å². The van der Waals surface area contributed by atoms with Crippen LogP contribution < -0.4 is 11.1 Å². The fourth-order valence-corrected chi connectivity index (χ4v) is 6.67. The van der Waals surface area contributed by atoms with Crippen LogP contribution >= 0.6 is 10.5 Å². The van der Waals surface area contributed by atoms with E-state index in [9.17, 15) is 4.39 Å². The van der Waals surface area contributed by atoms with Crippen LogP contribution in [-0.2, 0) is 12.8 Å². The highest BCUT2D eigenvalue weighted by atomic mass is 32.2. The normalized spacial score (nSPS) is 21.1. The van der Waals surface area contributed by atoms with Crippen molar-refractivity contribution < 1.29 is 4.39 Å². The third-order valence-electron chi connectivity index (χ3n) is 6.05. The van der Waals surface area contributed by atoms with Gasteiger partial charge in [0.2, 0.25) is 10.2 Å². The maximum Gasteiger partial charge on any atom is 0.230 e. The fourth-order valence-electron chi connectivity index (χ4n) is 4.45. The Morgan fingerprint density at radius 3 is 2.75 bits per heavy atom. The van der Waals surface area contributed by atoms with Crippen LogP contribution in [-0.4, -0.2) is 35.7 Å².